The smallest absolute Gasteiger partial charge is 0.217 e. The predicted octanol–water partition coefficient (Wildman–Crippen LogP) is -0.294. The van der Waals surface area contributed by atoms with Gasteiger partial charge in [-0.3, -0.25) is 5.41 Å². The summed E-state index contributed by atoms with van der Waals surface area (Å²) >= 11 is 1.90. The molecule has 0 aromatic rings. The molecule has 0 aromatic heterocycles. The van der Waals surface area contributed by atoms with Gasteiger partial charge in [0.25, 0.3) is 0 Å². The summed E-state index contributed by atoms with van der Waals surface area (Å²) in [6.07, 6.45) is 0.823. The van der Waals surface area contributed by atoms with Gasteiger partial charge in [-0.2, -0.15) is 11.8 Å². The van der Waals surface area contributed by atoms with Gasteiger partial charge in [0.15, 0.2) is 0 Å². The zero-order chi connectivity index (χ0) is 9.68. The first-order chi connectivity index (χ1) is 6.20. The summed E-state index contributed by atoms with van der Waals surface area (Å²) in [7, 11) is 0. The van der Waals surface area contributed by atoms with Crippen molar-refractivity contribution in [2.24, 2.45) is 16.5 Å². The van der Waals surface area contributed by atoms with Crippen LogP contribution in [0.25, 0.3) is 0 Å². The third-order valence-electron chi connectivity index (χ3n) is 1.68. The largest absolute Gasteiger partial charge is 0.340 e. The topological polar surface area (TPSA) is 91.5 Å². The van der Waals surface area contributed by atoms with E-state index >= 15 is 0 Å². The maximum Gasteiger partial charge on any atom is 0.217 e. The van der Waals surface area contributed by atoms with Crippen LogP contribution in [-0.2, 0) is 0 Å². The number of hydrogen-bond donors (Lipinski definition) is 3. The number of halogens is 1. The Bertz CT molecular complexity index is 202. The van der Waals surface area contributed by atoms with E-state index in [1.807, 2.05) is 16.7 Å². The standard InChI is InChI=1S/C7H15N5S.ClH/c8-6(9)5-11-7(10)12-1-3-13-4-2-12;/h5-6,10H,1-4,8-9H2;1H/b10-7?,11-5+;. The van der Waals surface area contributed by atoms with Gasteiger partial charge >= 0.3 is 0 Å². The second kappa shape index (κ2) is 7.05. The average Bonchev–Trinajstić information content (AvgIpc) is 2.15. The summed E-state index contributed by atoms with van der Waals surface area (Å²) in [5, 5.41) is 7.58. The SMILES string of the molecule is Cl.N=C(/N=C/C(N)N)N1CCSCC1. The fourth-order valence-electron chi connectivity index (χ4n) is 1.01. The molecule has 0 amide bonds. The Kier molecular flexibility index (Phi) is 6.90. The van der Waals surface area contributed by atoms with E-state index in [2.05, 4.69) is 4.99 Å². The van der Waals surface area contributed by atoms with E-state index in [9.17, 15) is 0 Å². The van der Waals surface area contributed by atoms with E-state index < -0.39 is 6.17 Å². The van der Waals surface area contributed by atoms with Crippen molar-refractivity contribution in [1.82, 2.24) is 4.90 Å². The fourth-order valence-corrected chi connectivity index (χ4v) is 1.92. The summed E-state index contributed by atoms with van der Waals surface area (Å²) in [6, 6.07) is 0. The van der Waals surface area contributed by atoms with Gasteiger partial charge in [-0.05, 0) is 0 Å². The van der Waals surface area contributed by atoms with E-state index in [0.29, 0.717) is 0 Å². The van der Waals surface area contributed by atoms with Crippen molar-refractivity contribution in [3.8, 4) is 0 Å². The lowest BCUT2D eigenvalue weighted by molar-refractivity contribution is 0.455. The first-order valence-electron chi connectivity index (χ1n) is 4.17. The Hall–Kier alpha value is -0.300. The van der Waals surface area contributed by atoms with Crippen molar-refractivity contribution < 1.29 is 0 Å². The summed E-state index contributed by atoms with van der Waals surface area (Å²) in [6.45, 7) is 1.78. The van der Waals surface area contributed by atoms with Crippen LogP contribution in [0.3, 0.4) is 0 Å². The second-order valence-electron chi connectivity index (χ2n) is 2.78. The first-order valence-corrected chi connectivity index (χ1v) is 5.32. The van der Waals surface area contributed by atoms with Crippen LogP contribution in [0.15, 0.2) is 4.99 Å². The molecule has 1 heterocycles. The Labute approximate surface area is 94.2 Å². The number of nitrogens with zero attached hydrogens (tertiary/aromatic N) is 2. The highest BCUT2D eigenvalue weighted by Crippen LogP contribution is 2.09. The van der Waals surface area contributed by atoms with Crippen LogP contribution < -0.4 is 11.5 Å². The van der Waals surface area contributed by atoms with Crippen LogP contribution in [0.2, 0.25) is 0 Å². The molecule has 0 atom stereocenters. The molecule has 1 fully saturated rings. The molecule has 0 aliphatic carbocycles. The molecule has 7 heteroatoms. The number of aliphatic imine (C=N–C) groups is 1. The number of thioether (sulfide) groups is 1. The lowest BCUT2D eigenvalue weighted by Gasteiger charge is -2.26. The third kappa shape index (κ3) is 4.80. The molecule has 14 heavy (non-hydrogen) atoms. The average molecular weight is 238 g/mol. The van der Waals surface area contributed by atoms with Crippen molar-refractivity contribution in [3.05, 3.63) is 0 Å². The van der Waals surface area contributed by atoms with Crippen molar-refractivity contribution in [2.45, 2.75) is 6.17 Å². The van der Waals surface area contributed by atoms with Gasteiger partial charge in [-0.25, -0.2) is 4.99 Å². The summed E-state index contributed by atoms with van der Waals surface area (Å²) in [4.78, 5) is 5.80. The molecule has 1 aliphatic rings. The first kappa shape index (κ1) is 13.7. The number of hydrogen-bond acceptors (Lipinski definition) is 4. The van der Waals surface area contributed by atoms with Crippen molar-refractivity contribution in [2.75, 3.05) is 24.6 Å². The number of nitrogens with one attached hydrogen (secondary N) is 1. The van der Waals surface area contributed by atoms with Crippen LogP contribution >= 0.6 is 24.2 Å². The van der Waals surface area contributed by atoms with Gasteiger partial charge in [0.2, 0.25) is 5.96 Å². The van der Waals surface area contributed by atoms with Gasteiger partial charge < -0.3 is 16.4 Å². The third-order valence-corrected chi connectivity index (χ3v) is 2.62. The predicted molar refractivity (Wildman–Crippen MR) is 64.5 cm³/mol. The van der Waals surface area contributed by atoms with E-state index in [0.717, 1.165) is 24.6 Å². The van der Waals surface area contributed by atoms with Crippen LogP contribution in [0.1, 0.15) is 0 Å². The molecule has 1 aliphatic heterocycles. The molecule has 0 bridgehead atoms. The van der Waals surface area contributed by atoms with Crippen LogP contribution in [0.5, 0.6) is 0 Å². The minimum Gasteiger partial charge on any atom is -0.340 e. The summed E-state index contributed by atoms with van der Waals surface area (Å²) in [5.41, 5.74) is 10.6. The van der Waals surface area contributed by atoms with Crippen molar-refractivity contribution in [3.63, 3.8) is 0 Å². The van der Waals surface area contributed by atoms with Crippen LogP contribution in [0, 0.1) is 5.41 Å². The molecule has 0 aromatic carbocycles. The lowest BCUT2D eigenvalue weighted by Crippen LogP contribution is -2.38. The molecule has 5 N–H and O–H groups in total. The quantitative estimate of drug-likeness (QED) is 0.332. The summed E-state index contributed by atoms with van der Waals surface area (Å²) < 4.78 is 0. The highest BCUT2D eigenvalue weighted by Gasteiger charge is 2.12. The second-order valence-corrected chi connectivity index (χ2v) is 4.00. The lowest BCUT2D eigenvalue weighted by atomic mass is 10.5. The van der Waals surface area contributed by atoms with Gasteiger partial charge in [-0.1, -0.05) is 0 Å². The molecule has 1 rings (SSSR count). The minimum atomic E-state index is -0.570. The van der Waals surface area contributed by atoms with Gasteiger partial charge in [0, 0.05) is 30.8 Å². The molecule has 82 valence electrons. The van der Waals surface area contributed by atoms with Crippen molar-refractivity contribution >= 4 is 36.3 Å². The molecule has 0 unspecified atom stereocenters. The van der Waals surface area contributed by atoms with E-state index in [4.69, 9.17) is 16.9 Å². The Morgan fingerprint density at radius 1 is 1.43 bits per heavy atom. The zero-order valence-corrected chi connectivity index (χ0v) is 9.48. The molecule has 0 spiro atoms. The van der Waals surface area contributed by atoms with E-state index in [1.165, 1.54) is 6.21 Å². The fraction of sp³-hybridized carbons (Fsp3) is 0.714. The maximum atomic E-state index is 7.58. The molecule has 0 radical (unpaired) electrons. The molecule has 1 saturated heterocycles. The Balaban J connectivity index is 0.00000169. The highest BCUT2D eigenvalue weighted by molar-refractivity contribution is 7.99. The minimum absolute atomic E-state index is 0. The number of rotatable bonds is 1. The van der Waals surface area contributed by atoms with Gasteiger partial charge in [-0.15, -0.1) is 12.4 Å². The zero-order valence-electron chi connectivity index (χ0n) is 7.85. The van der Waals surface area contributed by atoms with Crippen LogP contribution in [-0.4, -0.2) is 47.8 Å². The van der Waals surface area contributed by atoms with Crippen LogP contribution in [0.4, 0.5) is 0 Å². The molecular weight excluding hydrogens is 222 g/mol. The van der Waals surface area contributed by atoms with Gasteiger partial charge in [0.1, 0.15) is 0 Å². The number of guanidine groups is 1. The molecule has 5 nitrogen and oxygen atoms in total. The number of nitrogens with two attached hydrogens (primary N) is 2. The summed E-state index contributed by atoms with van der Waals surface area (Å²) in [5.74, 6) is 2.39. The molecule has 0 saturated carbocycles. The van der Waals surface area contributed by atoms with E-state index in [1.54, 1.807) is 0 Å². The normalized spacial score (nSPS) is 17.2. The van der Waals surface area contributed by atoms with Gasteiger partial charge in [0.05, 0.1) is 6.17 Å². The maximum absolute atomic E-state index is 7.58. The van der Waals surface area contributed by atoms with Crippen molar-refractivity contribution in [1.29, 1.82) is 5.41 Å². The Morgan fingerprint density at radius 3 is 2.50 bits per heavy atom. The Morgan fingerprint density at radius 2 is 2.00 bits per heavy atom. The monoisotopic (exact) mass is 237 g/mol. The van der Waals surface area contributed by atoms with E-state index in [-0.39, 0.29) is 18.4 Å². The highest BCUT2D eigenvalue weighted by atomic mass is 35.5. The molecular formula is C7H16ClN5S.